The number of hydrogen-bond donors (Lipinski definition) is 24. The molecule has 4 aromatic carbocycles. The van der Waals surface area contributed by atoms with Crippen LogP contribution in [0.3, 0.4) is 0 Å². The molecule has 117 heavy (non-hydrogen) atoms. The minimum absolute atomic E-state index is 0.00402. The van der Waals surface area contributed by atoms with Gasteiger partial charge in [-0.1, -0.05) is 80.6 Å². The van der Waals surface area contributed by atoms with E-state index in [1.165, 1.54) is 93.6 Å². The molecule has 0 unspecified atom stereocenters. The Labute approximate surface area is 671 Å². The number of carboxylic acids is 2. The first-order valence-corrected chi connectivity index (χ1v) is 37.3. The standard InChI is InChI=1S/C76H104N18O23/c1-37(2)60(71(112)93-62(40(5)96)73(114)90-55(75(116)117)34-44-19-25-47(99)26-20-44)91-69(110)54(36-59(102)103)89-68(109)53(33-43-17-23-46(98)24-18-43)88-67(108)51(32-42-15-21-45(97)22-16-42)86-63(104)38(3)83-70(111)56-14-10-30-94(56)74(115)50(13-9-29-82-76(80)81)85-66(107)52(31-41-11-7-6-8-12-41)87-65(106)49(27-28-57(78)100)84-72(113)61(39(4)95)92-64(105)48(77)35-58(79)101/h6-8,11-12,15-26,37-40,48-56,60-62,95-99H,9-10,13-14,27-36,77H2,1-5H3,(H2,78,100)(H2,79,101)(H,83,111)(H,84,113)(H,85,107)(H,86,104)(H,87,106)(H,88,108)(H,89,109)(H,90,114)(H,91,110)(H,92,105)(H,93,112)(H,102,103)(H,116,117)(H4,80,81,82)/t38-,39+,40+,48-,49-,50-,51-,52-,53-,54-,55-,56-,60-,61-,62-/m0/s1. The molecule has 1 fully saturated rings. The number of aromatic hydroxyl groups is 3. The minimum atomic E-state index is -2.05. The number of primary amides is 2. The summed E-state index contributed by atoms with van der Waals surface area (Å²) in [7, 11) is 0. The number of carboxylic acid groups (broad SMARTS) is 2. The van der Waals surface area contributed by atoms with Crippen LogP contribution in [-0.4, -0.2) is 245 Å². The summed E-state index contributed by atoms with van der Waals surface area (Å²) in [5.74, 6) is -19.9. The first-order chi connectivity index (χ1) is 55.1. The van der Waals surface area contributed by atoms with Crippen LogP contribution in [0.1, 0.15) is 108 Å². The third kappa shape index (κ3) is 31.3. The molecule has 4 aromatic rings. The van der Waals surface area contributed by atoms with Gasteiger partial charge in [-0.25, -0.2) is 4.79 Å². The van der Waals surface area contributed by atoms with Crippen molar-refractivity contribution in [2.75, 3.05) is 13.1 Å². The molecule has 0 aromatic heterocycles. The number of hydrogen-bond acceptors (Lipinski definition) is 23. The number of nitrogens with zero attached hydrogens (tertiary/aromatic N) is 1. The van der Waals surface area contributed by atoms with Crippen LogP contribution in [0.5, 0.6) is 17.2 Å². The fourth-order valence-corrected chi connectivity index (χ4v) is 12.2. The maximum atomic E-state index is 15.0. The number of nitrogens with one attached hydrogen (secondary N) is 13. The number of aliphatic carboxylic acids is 2. The number of aliphatic hydroxyl groups is 2. The molecular formula is C76H104N18O23. The first-order valence-electron chi connectivity index (χ1n) is 37.3. The largest absolute Gasteiger partial charge is 0.508 e. The van der Waals surface area contributed by atoms with Gasteiger partial charge in [0.1, 0.15) is 89.8 Å². The third-order valence-electron chi connectivity index (χ3n) is 18.6. The highest BCUT2D eigenvalue weighted by Gasteiger charge is 2.42. The van der Waals surface area contributed by atoms with Crippen LogP contribution in [0.25, 0.3) is 0 Å². The van der Waals surface area contributed by atoms with Crippen LogP contribution in [0.4, 0.5) is 0 Å². The van der Waals surface area contributed by atoms with Crippen molar-refractivity contribution in [1.82, 2.24) is 68.7 Å². The molecular weight excluding hydrogens is 1530 g/mol. The molecule has 41 heteroatoms. The Kier molecular flexibility index (Phi) is 37.0. The quantitative estimate of drug-likeness (QED) is 0.0111. The van der Waals surface area contributed by atoms with E-state index in [2.05, 4.69) is 63.8 Å². The van der Waals surface area contributed by atoms with Gasteiger partial charge in [0.05, 0.1) is 31.1 Å². The molecule has 0 aliphatic carbocycles. The lowest BCUT2D eigenvalue weighted by Gasteiger charge is -2.31. The van der Waals surface area contributed by atoms with Crippen LogP contribution in [0.15, 0.2) is 103 Å². The topological polar surface area (TPSA) is 690 Å². The average molecular weight is 1640 g/mol. The van der Waals surface area contributed by atoms with Gasteiger partial charge < -0.3 is 127 Å². The number of phenols is 3. The van der Waals surface area contributed by atoms with E-state index < -0.39 is 236 Å². The molecule has 1 heterocycles. The van der Waals surface area contributed by atoms with E-state index in [4.69, 9.17) is 28.3 Å². The smallest absolute Gasteiger partial charge is 0.326 e. The molecule has 1 saturated heterocycles. The molecule has 0 saturated carbocycles. The van der Waals surface area contributed by atoms with Crippen LogP contribution in [-0.2, 0) is 102 Å². The predicted molar refractivity (Wildman–Crippen MR) is 415 cm³/mol. The normalized spacial score (nSPS) is 16.0. The molecule has 1 aliphatic rings. The molecule has 28 N–H and O–H groups in total. The van der Waals surface area contributed by atoms with Crippen molar-refractivity contribution in [2.24, 2.45) is 28.9 Å². The Morgan fingerprint density at radius 3 is 1.27 bits per heavy atom. The number of rotatable bonds is 46. The van der Waals surface area contributed by atoms with Gasteiger partial charge in [-0.15, -0.1) is 0 Å². The minimum Gasteiger partial charge on any atom is -0.508 e. The van der Waals surface area contributed by atoms with Crippen molar-refractivity contribution >= 4 is 101 Å². The third-order valence-corrected chi connectivity index (χ3v) is 18.6. The monoisotopic (exact) mass is 1640 g/mol. The number of phenolic OH excluding ortho intramolecular Hbond substituents is 3. The summed E-state index contributed by atoms with van der Waals surface area (Å²) in [4.78, 5) is 221. The maximum absolute atomic E-state index is 15.0. The van der Waals surface area contributed by atoms with Crippen molar-refractivity contribution in [2.45, 2.75) is 202 Å². The second kappa shape index (κ2) is 45.7. The van der Waals surface area contributed by atoms with Gasteiger partial charge in [-0.3, -0.25) is 77.3 Å². The van der Waals surface area contributed by atoms with Crippen molar-refractivity contribution in [3.8, 4) is 17.2 Å². The summed E-state index contributed by atoms with van der Waals surface area (Å²) in [6, 6.07) is 2.35. The average Bonchev–Trinajstić information content (AvgIpc) is 1.76. The molecule has 15 atom stereocenters. The molecule has 14 amide bonds. The van der Waals surface area contributed by atoms with Crippen LogP contribution in [0, 0.1) is 11.3 Å². The van der Waals surface area contributed by atoms with Crippen molar-refractivity contribution < 1.29 is 112 Å². The van der Waals surface area contributed by atoms with Gasteiger partial charge in [0.25, 0.3) is 0 Å². The van der Waals surface area contributed by atoms with Crippen molar-refractivity contribution in [3.05, 3.63) is 125 Å². The van der Waals surface area contributed by atoms with E-state index in [9.17, 15) is 112 Å². The number of amides is 14. The molecule has 0 spiro atoms. The van der Waals surface area contributed by atoms with Crippen LogP contribution >= 0.6 is 0 Å². The zero-order chi connectivity index (χ0) is 87.1. The number of nitrogens with two attached hydrogens (primary N) is 4. The fraction of sp³-hybridized carbons (Fsp3) is 0.461. The lowest BCUT2D eigenvalue weighted by atomic mass is 10.00. The summed E-state index contributed by atoms with van der Waals surface area (Å²) in [5, 5.41) is 108. The Hall–Kier alpha value is -13.0. The Bertz CT molecular complexity index is 4180. The predicted octanol–water partition coefficient (Wildman–Crippen LogP) is -5.87. The molecule has 5 rings (SSSR count). The number of likely N-dealkylation sites (tertiary alicyclic amines) is 1. The Morgan fingerprint density at radius 1 is 0.444 bits per heavy atom. The van der Waals surface area contributed by atoms with Crippen molar-refractivity contribution in [1.29, 1.82) is 5.41 Å². The van der Waals surface area contributed by atoms with E-state index >= 15 is 0 Å². The summed E-state index contributed by atoms with van der Waals surface area (Å²) in [6.07, 6.45) is -7.53. The van der Waals surface area contributed by atoms with Gasteiger partial charge in [0.2, 0.25) is 82.7 Å². The molecule has 1 aliphatic heterocycles. The summed E-state index contributed by atoms with van der Waals surface area (Å²) in [5.41, 5.74) is 23.3. The van der Waals surface area contributed by atoms with E-state index in [0.29, 0.717) is 16.7 Å². The second-order valence-corrected chi connectivity index (χ2v) is 28.5. The van der Waals surface area contributed by atoms with Gasteiger partial charge >= 0.3 is 11.9 Å². The second-order valence-electron chi connectivity index (χ2n) is 28.5. The highest BCUT2D eigenvalue weighted by molar-refractivity contribution is 6.01. The van der Waals surface area contributed by atoms with E-state index in [1.807, 2.05) is 0 Å². The van der Waals surface area contributed by atoms with Gasteiger partial charge in [0, 0.05) is 45.2 Å². The fourth-order valence-electron chi connectivity index (χ4n) is 12.2. The Balaban J connectivity index is 1.39. The molecule has 41 nitrogen and oxygen atoms in total. The van der Waals surface area contributed by atoms with Gasteiger partial charge in [-0.2, -0.15) is 0 Å². The van der Waals surface area contributed by atoms with Gasteiger partial charge in [-0.05, 0) is 117 Å². The molecule has 0 radical (unpaired) electrons. The number of carbonyl (C=O) groups is 16. The van der Waals surface area contributed by atoms with E-state index in [-0.39, 0.29) is 74.4 Å². The Morgan fingerprint density at radius 2 is 0.838 bits per heavy atom. The van der Waals surface area contributed by atoms with E-state index in [1.54, 1.807) is 30.3 Å². The summed E-state index contributed by atoms with van der Waals surface area (Å²) in [6.45, 7) is 6.23. The van der Waals surface area contributed by atoms with Gasteiger partial charge in [0.15, 0.2) is 5.96 Å². The highest BCUT2D eigenvalue weighted by atomic mass is 16.4. The van der Waals surface area contributed by atoms with E-state index in [0.717, 1.165) is 18.7 Å². The highest BCUT2D eigenvalue weighted by Crippen LogP contribution is 2.22. The summed E-state index contributed by atoms with van der Waals surface area (Å²) < 4.78 is 0. The van der Waals surface area contributed by atoms with Crippen LogP contribution in [0.2, 0.25) is 0 Å². The SMILES string of the molecule is CC(C)[C@H](NC(=O)[C@H](CC(=O)O)NC(=O)[C@H](Cc1ccc(O)cc1)NC(=O)[C@H](Cc1ccc(O)cc1)NC(=O)[C@H](C)NC(=O)[C@@H]1CCCN1C(=O)[C@H](CCCNC(=N)N)NC(=O)[C@H](Cc1ccccc1)NC(=O)[C@H](CCC(N)=O)NC(=O)[C@@H](NC(=O)[C@@H](N)CC(N)=O)[C@@H](C)O)C(=O)N[C@H](C(=O)N[C@@H](Cc1ccc(O)cc1)C(=O)O)[C@@H](C)O. The number of benzene rings is 4. The number of carbonyl (C=O) groups excluding carboxylic acids is 14. The lowest BCUT2D eigenvalue weighted by molar-refractivity contribution is -0.143. The zero-order valence-electron chi connectivity index (χ0n) is 64.9. The summed E-state index contributed by atoms with van der Waals surface area (Å²) >= 11 is 0. The molecule has 636 valence electrons. The van der Waals surface area contributed by atoms with Crippen molar-refractivity contribution in [3.63, 3.8) is 0 Å². The first kappa shape index (κ1) is 94.5. The molecule has 0 bridgehead atoms. The van der Waals surface area contributed by atoms with Crippen LogP contribution < -0.4 is 86.7 Å². The maximum Gasteiger partial charge on any atom is 0.326 e. The zero-order valence-corrected chi connectivity index (χ0v) is 64.9. The number of aliphatic hydroxyl groups excluding tert-OH is 2. The number of guanidine groups is 1. The lowest BCUT2D eigenvalue weighted by Crippen LogP contribution is -2.62.